The molecule has 0 fully saturated rings. The number of aromatic nitrogens is 1. The number of nitrogens with zero attached hydrogens (tertiary/aromatic N) is 2. The number of rotatable bonds is 9. The molecule has 0 radical (unpaired) electrons. The van der Waals surface area contributed by atoms with E-state index in [1.54, 1.807) is 12.0 Å². The number of methoxy groups -OCH3 is 1. The lowest BCUT2D eigenvalue weighted by Crippen LogP contribution is -2.36. The quantitative estimate of drug-likeness (QED) is 0.475. The first-order valence-electron chi connectivity index (χ1n) is 9.75. The number of hydrogen-bond donors (Lipinski definition) is 0. The fraction of sp³-hybridized carbons (Fsp3) is 0.292. The molecule has 1 aromatic heterocycles. The first-order valence-corrected chi connectivity index (χ1v) is 10.2. The van der Waals surface area contributed by atoms with Crippen molar-refractivity contribution in [3.8, 4) is 0 Å². The van der Waals surface area contributed by atoms with E-state index in [2.05, 4.69) is 41.8 Å². The summed E-state index contributed by atoms with van der Waals surface area (Å²) in [5, 5.41) is -0.715. The van der Waals surface area contributed by atoms with Crippen molar-refractivity contribution in [2.45, 2.75) is 25.4 Å². The molecule has 3 rings (SSSR count). The van der Waals surface area contributed by atoms with Crippen LogP contribution in [0.15, 0.2) is 72.9 Å². The van der Waals surface area contributed by atoms with Crippen LogP contribution in [-0.4, -0.2) is 35.6 Å². The Kier molecular flexibility index (Phi) is 7.50. The summed E-state index contributed by atoms with van der Waals surface area (Å²) in [6.45, 7) is 4.29. The second-order valence-corrected chi connectivity index (χ2v) is 7.58. The Bertz CT molecular complexity index is 923. The number of ether oxygens (including phenoxy) is 1. The summed E-state index contributed by atoms with van der Waals surface area (Å²) in [7, 11) is 1.64. The van der Waals surface area contributed by atoms with Crippen molar-refractivity contribution in [3.63, 3.8) is 0 Å². The van der Waals surface area contributed by atoms with Crippen LogP contribution in [0.5, 0.6) is 0 Å². The van der Waals surface area contributed by atoms with Crippen molar-refractivity contribution in [1.29, 1.82) is 0 Å². The zero-order chi connectivity index (χ0) is 20.6. The maximum absolute atomic E-state index is 13.1. The summed E-state index contributed by atoms with van der Waals surface area (Å²) in [6.07, 6.45) is 2.05. The molecule has 0 spiro atoms. The summed E-state index contributed by atoms with van der Waals surface area (Å²) in [5.41, 5.74) is 4.34. The number of hydrogen-bond acceptors (Lipinski definition) is 2. The van der Waals surface area contributed by atoms with E-state index in [0.29, 0.717) is 19.7 Å². The Morgan fingerprint density at radius 2 is 1.90 bits per heavy atom. The van der Waals surface area contributed by atoms with Crippen LogP contribution in [0.25, 0.3) is 0 Å². The lowest BCUT2D eigenvalue weighted by atomic mass is 10.1. The maximum Gasteiger partial charge on any atom is 0.245 e. The number of amides is 1. The van der Waals surface area contributed by atoms with Crippen LogP contribution in [0, 0.1) is 6.92 Å². The number of benzene rings is 2. The summed E-state index contributed by atoms with van der Waals surface area (Å²) in [5.74, 6) is -0.113. The van der Waals surface area contributed by atoms with Crippen molar-refractivity contribution >= 4 is 17.5 Å². The maximum atomic E-state index is 13.1. The van der Waals surface area contributed by atoms with E-state index in [4.69, 9.17) is 16.3 Å². The average Bonchev–Trinajstić information content (AvgIpc) is 3.17. The summed E-state index contributed by atoms with van der Waals surface area (Å²) < 4.78 is 7.40. The highest BCUT2D eigenvalue weighted by Gasteiger charge is 2.24. The minimum Gasteiger partial charge on any atom is -0.383 e. The van der Waals surface area contributed by atoms with E-state index in [1.807, 2.05) is 42.6 Å². The van der Waals surface area contributed by atoms with Gasteiger partial charge in [0.15, 0.2) is 0 Å². The Morgan fingerprint density at radius 1 is 1.10 bits per heavy atom. The van der Waals surface area contributed by atoms with E-state index in [1.165, 1.54) is 11.1 Å². The first kappa shape index (κ1) is 21.2. The van der Waals surface area contributed by atoms with Crippen LogP contribution >= 0.6 is 11.6 Å². The number of halogens is 1. The van der Waals surface area contributed by atoms with E-state index in [-0.39, 0.29) is 5.91 Å². The zero-order valence-corrected chi connectivity index (χ0v) is 17.7. The summed E-state index contributed by atoms with van der Waals surface area (Å²) in [4.78, 5) is 14.9. The van der Waals surface area contributed by atoms with Crippen LogP contribution in [0.1, 0.15) is 27.8 Å². The zero-order valence-electron chi connectivity index (χ0n) is 16.9. The van der Waals surface area contributed by atoms with Gasteiger partial charge >= 0.3 is 0 Å². The highest BCUT2D eigenvalue weighted by atomic mass is 35.5. The fourth-order valence-electron chi connectivity index (χ4n) is 3.34. The third-order valence-electron chi connectivity index (χ3n) is 4.90. The van der Waals surface area contributed by atoms with Gasteiger partial charge in [0.1, 0.15) is 5.38 Å². The Labute approximate surface area is 177 Å². The van der Waals surface area contributed by atoms with Gasteiger partial charge in [-0.25, -0.2) is 0 Å². The summed E-state index contributed by atoms with van der Waals surface area (Å²) >= 11 is 6.52. The van der Waals surface area contributed by atoms with Crippen molar-refractivity contribution < 1.29 is 9.53 Å². The van der Waals surface area contributed by atoms with E-state index in [9.17, 15) is 4.79 Å². The SMILES string of the molecule is COCCN(Cc1cccn1Cc1cccc(C)c1)C(=O)C(Cl)c1ccccc1. The van der Waals surface area contributed by atoms with Gasteiger partial charge in [-0.05, 0) is 30.2 Å². The van der Waals surface area contributed by atoms with Crippen molar-refractivity contribution in [3.05, 3.63) is 95.3 Å². The molecule has 5 heteroatoms. The molecule has 29 heavy (non-hydrogen) atoms. The van der Waals surface area contributed by atoms with Gasteiger partial charge in [0.25, 0.3) is 0 Å². The normalized spacial score (nSPS) is 12.0. The smallest absolute Gasteiger partial charge is 0.245 e. The largest absolute Gasteiger partial charge is 0.383 e. The van der Waals surface area contributed by atoms with Gasteiger partial charge in [-0.2, -0.15) is 0 Å². The van der Waals surface area contributed by atoms with Crippen LogP contribution in [0.2, 0.25) is 0 Å². The molecule has 1 unspecified atom stereocenters. The molecule has 3 aromatic rings. The summed E-state index contributed by atoms with van der Waals surface area (Å²) in [6, 6.07) is 22.0. The number of carbonyl (C=O) groups is 1. The molecule has 4 nitrogen and oxygen atoms in total. The second kappa shape index (κ2) is 10.3. The van der Waals surface area contributed by atoms with Gasteiger partial charge < -0.3 is 14.2 Å². The molecule has 0 aliphatic rings. The lowest BCUT2D eigenvalue weighted by Gasteiger charge is -2.25. The van der Waals surface area contributed by atoms with Gasteiger partial charge in [-0.1, -0.05) is 60.2 Å². The molecule has 0 saturated heterocycles. The van der Waals surface area contributed by atoms with Crippen molar-refractivity contribution in [1.82, 2.24) is 9.47 Å². The molecule has 1 atom stereocenters. The van der Waals surface area contributed by atoms with Gasteiger partial charge in [0.2, 0.25) is 5.91 Å². The monoisotopic (exact) mass is 410 g/mol. The lowest BCUT2D eigenvalue weighted by molar-refractivity contribution is -0.132. The molecule has 0 aliphatic heterocycles. The van der Waals surface area contributed by atoms with Gasteiger partial charge in [0.05, 0.1) is 13.2 Å². The van der Waals surface area contributed by atoms with Crippen molar-refractivity contribution in [2.75, 3.05) is 20.3 Å². The molecule has 2 aromatic carbocycles. The van der Waals surface area contributed by atoms with E-state index >= 15 is 0 Å². The molecule has 0 saturated carbocycles. The van der Waals surface area contributed by atoms with Gasteiger partial charge in [0, 0.05) is 32.1 Å². The standard InChI is InChI=1S/C24H27ClN2O2/c1-19-8-6-9-20(16-19)17-26-13-7-12-22(26)18-27(14-15-29-2)24(28)23(25)21-10-4-3-5-11-21/h3-13,16,23H,14-15,17-18H2,1-2H3. The molecular weight excluding hydrogens is 384 g/mol. The predicted molar refractivity (Wildman–Crippen MR) is 117 cm³/mol. The molecule has 0 N–H and O–H groups in total. The molecule has 0 aliphatic carbocycles. The number of aryl methyl sites for hydroxylation is 1. The minimum atomic E-state index is -0.715. The Hall–Kier alpha value is -2.56. The van der Waals surface area contributed by atoms with Crippen LogP contribution in [0.4, 0.5) is 0 Å². The van der Waals surface area contributed by atoms with Crippen LogP contribution in [-0.2, 0) is 22.6 Å². The fourth-order valence-corrected chi connectivity index (χ4v) is 3.63. The number of carbonyl (C=O) groups excluding carboxylic acids is 1. The van der Waals surface area contributed by atoms with Gasteiger partial charge in [-0.3, -0.25) is 4.79 Å². The molecule has 1 heterocycles. The number of alkyl halides is 1. The third-order valence-corrected chi connectivity index (χ3v) is 5.34. The van der Waals surface area contributed by atoms with Gasteiger partial charge in [-0.15, -0.1) is 11.6 Å². The Balaban J connectivity index is 1.77. The third kappa shape index (κ3) is 5.72. The highest BCUT2D eigenvalue weighted by Crippen LogP contribution is 2.24. The van der Waals surface area contributed by atoms with E-state index < -0.39 is 5.38 Å². The molecular formula is C24H27ClN2O2. The average molecular weight is 411 g/mol. The second-order valence-electron chi connectivity index (χ2n) is 7.14. The topological polar surface area (TPSA) is 34.5 Å². The van der Waals surface area contributed by atoms with Crippen molar-refractivity contribution in [2.24, 2.45) is 0 Å². The Morgan fingerprint density at radius 3 is 2.62 bits per heavy atom. The van der Waals surface area contributed by atoms with Crippen LogP contribution in [0.3, 0.4) is 0 Å². The minimum absolute atomic E-state index is 0.113. The van der Waals surface area contributed by atoms with E-state index in [0.717, 1.165) is 17.8 Å². The van der Waals surface area contributed by atoms with Crippen LogP contribution < -0.4 is 0 Å². The highest BCUT2D eigenvalue weighted by molar-refractivity contribution is 6.30. The first-order chi connectivity index (χ1) is 14.1. The molecule has 0 bridgehead atoms. The molecule has 152 valence electrons. The predicted octanol–water partition coefficient (Wildman–Crippen LogP) is 4.80. The molecule has 1 amide bonds.